The van der Waals surface area contributed by atoms with Crippen LogP contribution in [0.25, 0.3) is 0 Å². The Labute approximate surface area is 117 Å². The van der Waals surface area contributed by atoms with Gasteiger partial charge in [-0.1, -0.05) is 24.3 Å². The van der Waals surface area contributed by atoms with Crippen molar-refractivity contribution in [3.05, 3.63) is 54.7 Å². The molecule has 0 amide bonds. The van der Waals surface area contributed by atoms with E-state index in [0.717, 1.165) is 0 Å². The summed E-state index contributed by atoms with van der Waals surface area (Å²) in [5.74, 6) is 0.522. The van der Waals surface area contributed by atoms with Gasteiger partial charge in [-0.2, -0.15) is 4.31 Å². The summed E-state index contributed by atoms with van der Waals surface area (Å²) < 4.78 is 31.5. The molecule has 0 spiro atoms. The van der Waals surface area contributed by atoms with E-state index in [1.165, 1.54) is 4.31 Å². The molecular weight excluding hydrogens is 276 g/mol. The standard InChI is InChI=1S/C14H14N2O3S/c17-20(18,13-6-2-1-3-7-13)16-10-12(11-16)19-14-8-4-5-9-15-14/h1-9,12H,10-11H2. The Kier molecular flexibility index (Phi) is 3.42. The van der Waals surface area contributed by atoms with Gasteiger partial charge in [-0.25, -0.2) is 13.4 Å². The summed E-state index contributed by atoms with van der Waals surface area (Å²) >= 11 is 0. The van der Waals surface area contributed by atoms with Gasteiger partial charge in [0.25, 0.3) is 0 Å². The van der Waals surface area contributed by atoms with Crippen LogP contribution in [0.2, 0.25) is 0 Å². The molecule has 2 heterocycles. The molecule has 0 atom stereocenters. The summed E-state index contributed by atoms with van der Waals surface area (Å²) in [6.07, 6.45) is 1.51. The number of ether oxygens (including phenoxy) is 1. The van der Waals surface area contributed by atoms with Crippen LogP contribution in [0, 0.1) is 0 Å². The van der Waals surface area contributed by atoms with E-state index in [-0.39, 0.29) is 6.10 Å². The highest BCUT2D eigenvalue weighted by Gasteiger charge is 2.38. The van der Waals surface area contributed by atoms with Gasteiger partial charge < -0.3 is 4.74 Å². The fourth-order valence-electron chi connectivity index (χ4n) is 2.00. The Morgan fingerprint density at radius 1 is 1.05 bits per heavy atom. The third-order valence-corrected chi connectivity index (χ3v) is 4.97. The van der Waals surface area contributed by atoms with E-state index >= 15 is 0 Å². The van der Waals surface area contributed by atoms with Gasteiger partial charge in [-0.05, 0) is 18.2 Å². The normalized spacial score (nSPS) is 16.6. The van der Waals surface area contributed by atoms with E-state index in [1.807, 2.05) is 6.07 Å². The van der Waals surface area contributed by atoms with E-state index in [9.17, 15) is 8.42 Å². The molecule has 1 aromatic carbocycles. The zero-order valence-electron chi connectivity index (χ0n) is 10.7. The maximum Gasteiger partial charge on any atom is 0.243 e. The topological polar surface area (TPSA) is 59.5 Å². The third-order valence-electron chi connectivity index (χ3n) is 3.12. The predicted octanol–water partition coefficient (Wildman–Crippen LogP) is 1.53. The molecule has 1 aliphatic rings. The smallest absolute Gasteiger partial charge is 0.243 e. The van der Waals surface area contributed by atoms with E-state index in [0.29, 0.717) is 23.9 Å². The van der Waals surface area contributed by atoms with Crippen molar-refractivity contribution < 1.29 is 13.2 Å². The number of sulfonamides is 1. The molecule has 0 saturated carbocycles. The number of nitrogens with zero attached hydrogens (tertiary/aromatic N) is 2. The summed E-state index contributed by atoms with van der Waals surface area (Å²) in [7, 11) is -3.39. The fourth-order valence-corrected chi connectivity index (χ4v) is 3.52. The molecule has 2 aromatic rings. The zero-order chi connectivity index (χ0) is 14.0. The molecule has 0 radical (unpaired) electrons. The minimum atomic E-state index is -3.39. The van der Waals surface area contributed by atoms with Crippen LogP contribution >= 0.6 is 0 Å². The molecule has 0 N–H and O–H groups in total. The maximum absolute atomic E-state index is 12.3. The summed E-state index contributed by atoms with van der Waals surface area (Å²) in [5, 5.41) is 0. The van der Waals surface area contributed by atoms with E-state index < -0.39 is 10.0 Å². The van der Waals surface area contributed by atoms with E-state index in [4.69, 9.17) is 4.74 Å². The summed E-state index contributed by atoms with van der Waals surface area (Å²) in [4.78, 5) is 4.37. The molecule has 0 aliphatic carbocycles. The van der Waals surface area contributed by atoms with Gasteiger partial charge in [-0.3, -0.25) is 0 Å². The molecule has 3 rings (SSSR count). The number of hydrogen-bond acceptors (Lipinski definition) is 4. The second kappa shape index (κ2) is 5.22. The molecule has 6 heteroatoms. The molecule has 20 heavy (non-hydrogen) atoms. The predicted molar refractivity (Wildman–Crippen MR) is 73.9 cm³/mol. The van der Waals surface area contributed by atoms with Crippen LogP contribution < -0.4 is 4.74 Å². The second-order valence-electron chi connectivity index (χ2n) is 4.54. The molecular formula is C14H14N2O3S. The average Bonchev–Trinajstić information content (AvgIpc) is 2.44. The van der Waals surface area contributed by atoms with Gasteiger partial charge in [0.05, 0.1) is 18.0 Å². The van der Waals surface area contributed by atoms with Crippen LogP contribution in [-0.4, -0.2) is 36.9 Å². The lowest BCUT2D eigenvalue weighted by Gasteiger charge is -2.37. The van der Waals surface area contributed by atoms with Crippen LogP contribution in [0.5, 0.6) is 5.88 Å². The van der Waals surface area contributed by atoms with Gasteiger partial charge in [0.2, 0.25) is 15.9 Å². The lowest BCUT2D eigenvalue weighted by Crippen LogP contribution is -2.56. The summed E-state index contributed by atoms with van der Waals surface area (Å²) in [6.45, 7) is 0.710. The monoisotopic (exact) mass is 290 g/mol. The Morgan fingerprint density at radius 3 is 2.40 bits per heavy atom. The Hall–Kier alpha value is -1.92. The van der Waals surface area contributed by atoms with Crippen LogP contribution in [0.1, 0.15) is 0 Å². The summed E-state index contributed by atoms with van der Waals surface area (Å²) in [5.41, 5.74) is 0. The highest BCUT2D eigenvalue weighted by molar-refractivity contribution is 7.89. The first kappa shape index (κ1) is 13.1. The SMILES string of the molecule is O=S(=O)(c1ccccc1)N1CC(Oc2ccccn2)C1. The van der Waals surface area contributed by atoms with Crippen molar-refractivity contribution >= 4 is 10.0 Å². The number of pyridine rings is 1. The van der Waals surface area contributed by atoms with E-state index in [1.54, 1.807) is 48.7 Å². The van der Waals surface area contributed by atoms with Gasteiger partial charge in [0, 0.05) is 12.3 Å². The van der Waals surface area contributed by atoms with Crippen molar-refractivity contribution in [3.63, 3.8) is 0 Å². The van der Waals surface area contributed by atoms with Crippen LogP contribution in [0.15, 0.2) is 59.6 Å². The second-order valence-corrected chi connectivity index (χ2v) is 6.48. The number of rotatable bonds is 4. The number of aromatic nitrogens is 1. The molecule has 5 nitrogen and oxygen atoms in total. The maximum atomic E-state index is 12.3. The molecule has 1 fully saturated rings. The highest BCUT2D eigenvalue weighted by atomic mass is 32.2. The van der Waals surface area contributed by atoms with Crippen molar-refractivity contribution in [2.75, 3.05) is 13.1 Å². The third kappa shape index (κ3) is 2.52. The Bertz CT molecular complexity index is 668. The first-order valence-corrected chi connectivity index (χ1v) is 7.73. The van der Waals surface area contributed by atoms with Gasteiger partial charge in [-0.15, -0.1) is 0 Å². The van der Waals surface area contributed by atoms with Crippen molar-refractivity contribution in [3.8, 4) is 5.88 Å². The highest BCUT2D eigenvalue weighted by Crippen LogP contribution is 2.23. The lowest BCUT2D eigenvalue weighted by molar-refractivity contribution is 0.0721. The van der Waals surface area contributed by atoms with Gasteiger partial charge in [0.15, 0.2) is 0 Å². The minimum Gasteiger partial charge on any atom is -0.472 e. The van der Waals surface area contributed by atoms with Crippen LogP contribution in [0.4, 0.5) is 0 Å². The van der Waals surface area contributed by atoms with Crippen molar-refractivity contribution in [2.24, 2.45) is 0 Å². The van der Waals surface area contributed by atoms with Gasteiger partial charge >= 0.3 is 0 Å². The Balaban J connectivity index is 1.63. The lowest BCUT2D eigenvalue weighted by atomic mass is 10.2. The van der Waals surface area contributed by atoms with Crippen molar-refractivity contribution in [1.29, 1.82) is 0 Å². The van der Waals surface area contributed by atoms with E-state index in [2.05, 4.69) is 4.98 Å². The van der Waals surface area contributed by atoms with Crippen LogP contribution in [-0.2, 0) is 10.0 Å². The molecule has 1 aliphatic heterocycles. The summed E-state index contributed by atoms with van der Waals surface area (Å²) in [6, 6.07) is 13.8. The molecule has 0 unspecified atom stereocenters. The first-order valence-electron chi connectivity index (χ1n) is 6.29. The van der Waals surface area contributed by atoms with Gasteiger partial charge in [0.1, 0.15) is 6.10 Å². The van der Waals surface area contributed by atoms with Crippen molar-refractivity contribution in [1.82, 2.24) is 9.29 Å². The Morgan fingerprint density at radius 2 is 1.75 bits per heavy atom. The quantitative estimate of drug-likeness (QED) is 0.857. The molecule has 1 saturated heterocycles. The minimum absolute atomic E-state index is 0.136. The van der Waals surface area contributed by atoms with Crippen molar-refractivity contribution in [2.45, 2.75) is 11.0 Å². The first-order chi connectivity index (χ1) is 9.66. The molecule has 1 aromatic heterocycles. The zero-order valence-corrected chi connectivity index (χ0v) is 11.5. The number of hydrogen-bond donors (Lipinski definition) is 0. The molecule has 0 bridgehead atoms. The molecule has 104 valence electrons. The fraction of sp³-hybridized carbons (Fsp3) is 0.214. The number of benzene rings is 1. The average molecular weight is 290 g/mol. The largest absolute Gasteiger partial charge is 0.472 e. The van der Waals surface area contributed by atoms with Crippen LogP contribution in [0.3, 0.4) is 0 Å².